The molecule has 32 heavy (non-hydrogen) atoms. The van der Waals surface area contributed by atoms with Gasteiger partial charge in [-0.05, 0) is 6.07 Å². The fraction of sp³-hybridized carbons (Fsp3) is 0.632. The van der Waals surface area contributed by atoms with Crippen molar-refractivity contribution < 1.29 is 18.7 Å². The topological polar surface area (TPSA) is 154 Å². The minimum atomic E-state index is -1.35. The number of nitrogens with two attached hydrogens (primary N) is 1. The summed E-state index contributed by atoms with van der Waals surface area (Å²) in [4.78, 5) is 44.0. The molecule has 0 bridgehead atoms. The number of hydrogen-bond donors (Lipinski definition) is 4. The summed E-state index contributed by atoms with van der Waals surface area (Å²) in [7, 11) is 3.32. The number of carbonyl (C=O) groups excluding carboxylic acids is 2. The maximum Gasteiger partial charge on any atom is 0.253 e. The van der Waals surface area contributed by atoms with Gasteiger partial charge in [-0.15, -0.1) is 4.91 Å². The molecule has 1 aromatic rings. The Bertz CT molecular complexity index is 820. The molecule has 0 radical (unpaired) electrons. The summed E-state index contributed by atoms with van der Waals surface area (Å²) in [6.45, 7) is 1.20. The Morgan fingerprint density at radius 3 is 2.78 bits per heavy atom. The van der Waals surface area contributed by atoms with Gasteiger partial charge in [0, 0.05) is 39.9 Å². The van der Waals surface area contributed by atoms with Crippen molar-refractivity contribution in [2.75, 3.05) is 57.1 Å². The van der Waals surface area contributed by atoms with Crippen LogP contribution in [-0.4, -0.2) is 93.2 Å². The number of carbonyl (C=O) groups is 2. The van der Waals surface area contributed by atoms with Gasteiger partial charge in [0.1, 0.15) is 12.1 Å². The summed E-state index contributed by atoms with van der Waals surface area (Å²) in [5, 5.41) is 11.3. The van der Waals surface area contributed by atoms with Crippen LogP contribution < -0.4 is 26.6 Å². The standard InChI is InChI=1S/C19H29FN8O4/c1-27(2)19(30)14-10-28(5-6-32-14)13-3-4-22-9-12(13)25-18(29)15(16(21)26-31)17-23-7-11(20)8-24-17/h3-4,9,11,14-17,23-24H,5-8,10,21H2,1-2H3,(H,25,29). The number of halogens is 1. The molecule has 12 nitrogen and oxygen atoms in total. The monoisotopic (exact) mass is 452 g/mol. The number of amides is 2. The van der Waals surface area contributed by atoms with Crippen LogP contribution in [0.15, 0.2) is 23.6 Å². The number of rotatable bonds is 7. The van der Waals surface area contributed by atoms with Gasteiger partial charge in [0.25, 0.3) is 5.91 Å². The molecule has 0 saturated carbocycles. The van der Waals surface area contributed by atoms with Crippen LogP contribution in [0.2, 0.25) is 0 Å². The molecule has 0 aliphatic carbocycles. The Hall–Kier alpha value is -2.74. The number of hydrogen-bond acceptors (Lipinski definition) is 10. The van der Waals surface area contributed by atoms with Gasteiger partial charge in [-0.2, -0.15) is 0 Å². The van der Waals surface area contributed by atoms with E-state index in [9.17, 15) is 18.9 Å². The maximum atomic E-state index is 13.5. The van der Waals surface area contributed by atoms with Crippen molar-refractivity contribution in [3.05, 3.63) is 23.4 Å². The zero-order chi connectivity index (χ0) is 23.3. The summed E-state index contributed by atoms with van der Waals surface area (Å²) in [6.07, 6.45) is -0.769. The quantitative estimate of drug-likeness (QED) is 0.375. The van der Waals surface area contributed by atoms with Gasteiger partial charge in [-0.1, -0.05) is 5.18 Å². The predicted octanol–water partition coefficient (Wildman–Crippen LogP) is -1.16. The van der Waals surface area contributed by atoms with Crippen molar-refractivity contribution in [1.29, 1.82) is 0 Å². The van der Waals surface area contributed by atoms with Crippen LogP contribution in [-0.2, 0) is 14.3 Å². The largest absolute Gasteiger partial charge is 0.365 e. The van der Waals surface area contributed by atoms with Crippen LogP contribution in [0.4, 0.5) is 15.8 Å². The molecular weight excluding hydrogens is 423 g/mol. The lowest BCUT2D eigenvalue weighted by Gasteiger charge is -2.36. The van der Waals surface area contributed by atoms with E-state index in [-0.39, 0.29) is 19.0 Å². The smallest absolute Gasteiger partial charge is 0.253 e. The van der Waals surface area contributed by atoms with Gasteiger partial charge in [0.05, 0.1) is 36.9 Å². The van der Waals surface area contributed by atoms with Crippen molar-refractivity contribution in [1.82, 2.24) is 20.5 Å². The lowest BCUT2D eigenvalue weighted by molar-refractivity contribution is -0.141. The summed E-state index contributed by atoms with van der Waals surface area (Å²) in [6, 6.07) is 1.72. The highest BCUT2D eigenvalue weighted by molar-refractivity contribution is 5.96. The van der Waals surface area contributed by atoms with E-state index < -0.39 is 36.4 Å². The van der Waals surface area contributed by atoms with Crippen LogP contribution in [0, 0.1) is 10.8 Å². The first-order valence-electron chi connectivity index (χ1n) is 10.3. The van der Waals surface area contributed by atoms with Gasteiger partial charge in [-0.3, -0.25) is 25.2 Å². The number of nitrogens with zero attached hydrogens (tertiary/aromatic N) is 4. The molecule has 0 aromatic carbocycles. The van der Waals surface area contributed by atoms with Crippen molar-refractivity contribution in [2.45, 2.75) is 24.6 Å². The Balaban J connectivity index is 1.77. The van der Waals surface area contributed by atoms with Crippen LogP contribution in [0.25, 0.3) is 0 Å². The lowest BCUT2D eigenvalue weighted by Crippen LogP contribution is -2.62. The highest BCUT2D eigenvalue weighted by Gasteiger charge is 2.37. The first kappa shape index (κ1) is 23.9. The molecule has 3 heterocycles. The zero-order valence-electron chi connectivity index (χ0n) is 18.0. The van der Waals surface area contributed by atoms with Crippen molar-refractivity contribution in [3.8, 4) is 0 Å². The zero-order valence-corrected chi connectivity index (χ0v) is 18.0. The van der Waals surface area contributed by atoms with Gasteiger partial charge in [-0.25, -0.2) is 4.39 Å². The highest BCUT2D eigenvalue weighted by atomic mass is 19.1. The Morgan fingerprint density at radius 2 is 2.12 bits per heavy atom. The number of nitrogens with one attached hydrogen (secondary N) is 3. The van der Waals surface area contributed by atoms with Crippen LogP contribution in [0.5, 0.6) is 0 Å². The minimum Gasteiger partial charge on any atom is -0.365 e. The van der Waals surface area contributed by atoms with E-state index in [1.165, 1.54) is 11.1 Å². The normalized spacial score (nSPS) is 25.5. The molecule has 3 rings (SSSR count). The number of ether oxygens (including phenoxy) is 1. The second kappa shape index (κ2) is 10.7. The van der Waals surface area contributed by atoms with Crippen molar-refractivity contribution in [3.63, 3.8) is 0 Å². The van der Waals surface area contributed by atoms with E-state index in [2.05, 4.69) is 26.1 Å². The van der Waals surface area contributed by atoms with Gasteiger partial charge < -0.3 is 25.6 Å². The number of nitroso groups, excluding NO2 is 1. The van der Waals surface area contributed by atoms with E-state index in [1.807, 2.05) is 4.90 Å². The van der Waals surface area contributed by atoms with Crippen LogP contribution in [0.1, 0.15) is 0 Å². The summed E-state index contributed by atoms with van der Waals surface area (Å²) in [5.41, 5.74) is 6.83. The predicted molar refractivity (Wildman–Crippen MR) is 115 cm³/mol. The number of aromatic nitrogens is 1. The maximum absolute atomic E-state index is 13.5. The molecular formula is C19H29FN8O4. The first-order valence-corrected chi connectivity index (χ1v) is 10.3. The summed E-state index contributed by atoms with van der Waals surface area (Å²) < 4.78 is 19.1. The molecule has 2 aliphatic rings. The van der Waals surface area contributed by atoms with Gasteiger partial charge in [0.2, 0.25) is 5.91 Å². The lowest BCUT2D eigenvalue weighted by atomic mass is 9.99. The van der Waals surface area contributed by atoms with Gasteiger partial charge in [0.15, 0.2) is 12.3 Å². The molecule has 176 valence electrons. The average molecular weight is 452 g/mol. The molecule has 5 N–H and O–H groups in total. The van der Waals surface area contributed by atoms with E-state index in [4.69, 9.17) is 10.5 Å². The highest BCUT2D eigenvalue weighted by Crippen LogP contribution is 2.28. The average Bonchev–Trinajstić information content (AvgIpc) is 2.80. The van der Waals surface area contributed by atoms with Crippen LogP contribution >= 0.6 is 0 Å². The van der Waals surface area contributed by atoms with Crippen LogP contribution in [0.3, 0.4) is 0 Å². The number of likely N-dealkylation sites (N-methyl/N-ethyl adjacent to an activating group) is 1. The minimum absolute atomic E-state index is 0.0280. The fourth-order valence-corrected chi connectivity index (χ4v) is 3.76. The molecule has 13 heteroatoms. The molecule has 3 unspecified atom stereocenters. The van der Waals surface area contributed by atoms with E-state index in [1.54, 1.807) is 26.4 Å². The fourth-order valence-electron chi connectivity index (χ4n) is 3.76. The molecule has 2 aliphatic heterocycles. The van der Waals surface area contributed by atoms with E-state index in [0.717, 1.165) is 0 Å². The van der Waals surface area contributed by atoms with Crippen molar-refractivity contribution >= 4 is 23.2 Å². The molecule has 2 amide bonds. The molecule has 2 saturated heterocycles. The van der Waals surface area contributed by atoms with E-state index >= 15 is 0 Å². The molecule has 3 atom stereocenters. The van der Waals surface area contributed by atoms with E-state index in [0.29, 0.717) is 31.1 Å². The molecule has 0 spiro atoms. The van der Waals surface area contributed by atoms with Crippen molar-refractivity contribution in [2.24, 2.45) is 16.8 Å². The summed E-state index contributed by atoms with van der Waals surface area (Å²) in [5.74, 6) is -1.80. The Kier molecular flexibility index (Phi) is 8.01. The number of pyridine rings is 1. The molecule has 2 fully saturated rings. The third-order valence-electron chi connectivity index (χ3n) is 5.45. The first-order chi connectivity index (χ1) is 15.3. The third kappa shape index (κ3) is 5.54. The Labute approximate surface area is 185 Å². The number of alkyl halides is 1. The summed E-state index contributed by atoms with van der Waals surface area (Å²) >= 11 is 0. The van der Waals surface area contributed by atoms with Gasteiger partial charge >= 0.3 is 0 Å². The SMILES string of the molecule is CN(C)C(=O)C1CN(c2ccncc2NC(=O)C(C(N)N=O)C2NCC(F)CN2)CCO1. The third-order valence-corrected chi connectivity index (χ3v) is 5.45. The second-order valence-electron chi connectivity index (χ2n) is 7.93. The second-order valence-corrected chi connectivity index (χ2v) is 7.93. The molecule has 1 aromatic heterocycles. The number of anilines is 2. The number of morpholine rings is 1. The Morgan fingerprint density at radius 1 is 1.41 bits per heavy atom.